The van der Waals surface area contributed by atoms with Gasteiger partial charge >= 0.3 is 29.6 Å². The maximum Gasteiger partial charge on any atom is 1.00 e. The smallest absolute Gasteiger partial charge is 0.492 e. The van der Waals surface area contributed by atoms with Gasteiger partial charge in [0.1, 0.15) is 12.4 Å². The molecule has 0 N–H and O–H groups in total. The zero-order chi connectivity index (χ0) is 20.8. The summed E-state index contributed by atoms with van der Waals surface area (Å²) in [6.45, 7) is 5.64. The van der Waals surface area contributed by atoms with E-state index >= 15 is 0 Å². The summed E-state index contributed by atoms with van der Waals surface area (Å²) in [6, 6.07) is 9.29. The largest absolute Gasteiger partial charge is 1.00 e. The summed E-state index contributed by atoms with van der Waals surface area (Å²) in [5.41, 5.74) is 2.69. The first kappa shape index (κ1) is 22.8. The monoisotopic (exact) mass is 451 g/mol. The SMILES string of the molecule is Cc1c(OCC23COC(C)(OC2)OC3)ccnc1CS(=O)c1nc2ccccc2[n-]1.[Na+]. The maximum atomic E-state index is 12.8. The van der Waals surface area contributed by atoms with Crippen molar-refractivity contribution in [2.75, 3.05) is 26.4 Å². The number of imidazole rings is 1. The van der Waals surface area contributed by atoms with Gasteiger partial charge < -0.3 is 28.9 Å². The predicted octanol–water partition coefficient (Wildman–Crippen LogP) is -0.677. The summed E-state index contributed by atoms with van der Waals surface area (Å²) in [4.78, 5) is 13.2. The molecule has 0 amide bonds. The van der Waals surface area contributed by atoms with Crippen molar-refractivity contribution in [1.29, 1.82) is 0 Å². The van der Waals surface area contributed by atoms with E-state index in [2.05, 4.69) is 15.0 Å². The Hall–Kier alpha value is -1.33. The average Bonchev–Trinajstić information content (AvgIpc) is 3.20. The topological polar surface area (TPSA) is 93.9 Å². The standard InChI is InChI=1S/C21H22N3O5S.Na/c1-14-17(9-30(25)19-23-15-5-3-4-6-16(15)24-19)22-8-7-18(14)26-10-21-11-27-20(2,28-12-21)29-13-21;/h3-8H,9-13H2,1-2H3;/q-1;+1. The summed E-state index contributed by atoms with van der Waals surface area (Å²) in [7, 11) is -1.40. The molecule has 3 aliphatic heterocycles. The molecule has 0 spiro atoms. The Balaban J connectivity index is 0.00000231. The van der Waals surface area contributed by atoms with Crippen molar-refractivity contribution in [3.8, 4) is 5.75 Å². The molecule has 3 fully saturated rings. The van der Waals surface area contributed by atoms with E-state index in [9.17, 15) is 4.21 Å². The second-order valence-corrected chi connectivity index (χ2v) is 9.23. The quantitative estimate of drug-likeness (QED) is 0.456. The Labute approximate surface area is 204 Å². The Bertz CT molecular complexity index is 1060. The molecule has 0 saturated carbocycles. The van der Waals surface area contributed by atoms with Gasteiger partial charge in [-0.3, -0.25) is 9.19 Å². The number of rotatable bonds is 6. The molecule has 5 heterocycles. The van der Waals surface area contributed by atoms with E-state index < -0.39 is 16.8 Å². The second-order valence-electron chi connectivity index (χ2n) is 7.88. The van der Waals surface area contributed by atoms with Crippen LogP contribution in [0, 0.1) is 12.3 Å². The van der Waals surface area contributed by atoms with Gasteiger partial charge in [-0.1, -0.05) is 24.3 Å². The van der Waals surface area contributed by atoms with Gasteiger partial charge in [0, 0.05) is 23.8 Å². The third-order valence-electron chi connectivity index (χ3n) is 5.50. The number of benzene rings is 1. The van der Waals surface area contributed by atoms with E-state index in [-0.39, 0.29) is 40.7 Å². The fourth-order valence-corrected chi connectivity index (χ4v) is 4.56. The van der Waals surface area contributed by atoms with Crippen molar-refractivity contribution in [2.24, 2.45) is 5.41 Å². The fourth-order valence-electron chi connectivity index (χ4n) is 3.49. The fraction of sp³-hybridized carbons (Fsp3) is 0.429. The molecule has 158 valence electrons. The Kier molecular flexibility index (Phi) is 6.56. The molecule has 2 aromatic heterocycles. The number of pyridine rings is 1. The van der Waals surface area contributed by atoms with Crippen LogP contribution in [-0.4, -0.2) is 46.6 Å². The molecule has 0 radical (unpaired) electrons. The van der Waals surface area contributed by atoms with Crippen LogP contribution in [0.15, 0.2) is 41.7 Å². The number of hydrogen-bond acceptors (Lipinski definition) is 7. The second kappa shape index (κ2) is 8.90. The molecule has 1 aromatic carbocycles. The van der Waals surface area contributed by atoms with Crippen molar-refractivity contribution in [1.82, 2.24) is 15.0 Å². The minimum absolute atomic E-state index is 0. The molecule has 0 aliphatic carbocycles. The summed E-state index contributed by atoms with van der Waals surface area (Å²) < 4.78 is 35.9. The molecule has 1 atom stereocenters. The Morgan fingerprint density at radius 2 is 1.87 bits per heavy atom. The van der Waals surface area contributed by atoms with Crippen molar-refractivity contribution in [3.63, 3.8) is 0 Å². The van der Waals surface area contributed by atoms with E-state index in [0.29, 0.717) is 43.0 Å². The molecule has 1 unspecified atom stereocenters. The number of aromatic nitrogens is 3. The van der Waals surface area contributed by atoms with Gasteiger partial charge in [0.05, 0.1) is 47.5 Å². The van der Waals surface area contributed by atoms with Crippen LogP contribution in [0.2, 0.25) is 0 Å². The Morgan fingerprint density at radius 3 is 2.58 bits per heavy atom. The van der Waals surface area contributed by atoms with Crippen LogP contribution in [0.4, 0.5) is 0 Å². The minimum atomic E-state index is -1.40. The van der Waals surface area contributed by atoms with Crippen LogP contribution in [0.5, 0.6) is 5.75 Å². The normalized spacial score (nSPS) is 25.9. The molecule has 8 nitrogen and oxygen atoms in total. The predicted molar refractivity (Wildman–Crippen MR) is 108 cm³/mol. The summed E-state index contributed by atoms with van der Waals surface area (Å²) in [5, 5.41) is 0.321. The number of fused-ring (bicyclic) bond motifs is 4. The summed E-state index contributed by atoms with van der Waals surface area (Å²) in [6.07, 6.45) is 1.66. The van der Waals surface area contributed by atoms with Crippen LogP contribution < -0.4 is 39.3 Å². The molecule has 6 rings (SSSR count). The van der Waals surface area contributed by atoms with Crippen molar-refractivity contribution in [3.05, 3.63) is 47.8 Å². The van der Waals surface area contributed by atoms with E-state index in [4.69, 9.17) is 18.9 Å². The zero-order valence-electron chi connectivity index (χ0n) is 17.8. The number of hydrogen-bond donors (Lipinski definition) is 0. The zero-order valence-corrected chi connectivity index (χ0v) is 20.6. The van der Waals surface area contributed by atoms with Crippen molar-refractivity contribution < 1.29 is 52.7 Å². The molecule has 3 aliphatic rings. The van der Waals surface area contributed by atoms with E-state index in [1.807, 2.05) is 37.3 Å². The number of para-hydroxylation sites is 2. The van der Waals surface area contributed by atoms with Gasteiger partial charge in [0.2, 0.25) is 0 Å². The van der Waals surface area contributed by atoms with Crippen LogP contribution in [-0.2, 0) is 30.8 Å². The first-order valence-corrected chi connectivity index (χ1v) is 11.0. The molecule has 31 heavy (non-hydrogen) atoms. The molecule has 10 heteroatoms. The first-order valence-electron chi connectivity index (χ1n) is 9.72. The maximum absolute atomic E-state index is 12.8. The molecule has 3 saturated heterocycles. The van der Waals surface area contributed by atoms with E-state index in [1.54, 1.807) is 13.1 Å². The van der Waals surface area contributed by atoms with Gasteiger partial charge in [0.15, 0.2) is 0 Å². The summed E-state index contributed by atoms with van der Waals surface area (Å²) >= 11 is 0. The van der Waals surface area contributed by atoms with E-state index in [1.165, 1.54) is 0 Å². The van der Waals surface area contributed by atoms with Crippen LogP contribution in [0.25, 0.3) is 11.0 Å². The first-order chi connectivity index (χ1) is 14.5. The van der Waals surface area contributed by atoms with Gasteiger partial charge in [0.25, 0.3) is 5.97 Å². The van der Waals surface area contributed by atoms with Gasteiger partial charge in [-0.05, 0) is 24.0 Å². The van der Waals surface area contributed by atoms with Crippen LogP contribution in [0.3, 0.4) is 0 Å². The van der Waals surface area contributed by atoms with Gasteiger partial charge in [-0.25, -0.2) is 0 Å². The Morgan fingerprint density at radius 1 is 1.16 bits per heavy atom. The number of nitrogens with zero attached hydrogens (tertiary/aromatic N) is 3. The summed E-state index contributed by atoms with van der Waals surface area (Å²) in [5.74, 6) is -0.0175. The number of ether oxygens (including phenoxy) is 4. The van der Waals surface area contributed by atoms with E-state index in [0.717, 1.165) is 16.6 Å². The van der Waals surface area contributed by atoms with Gasteiger partial charge in [-0.15, -0.1) is 0 Å². The third-order valence-corrected chi connectivity index (χ3v) is 6.63. The molecule has 2 bridgehead atoms. The van der Waals surface area contributed by atoms with Crippen molar-refractivity contribution >= 4 is 21.8 Å². The van der Waals surface area contributed by atoms with Crippen LogP contribution >= 0.6 is 0 Å². The average molecular weight is 451 g/mol. The van der Waals surface area contributed by atoms with Gasteiger partial charge in [-0.2, -0.15) is 0 Å². The molecule has 3 aromatic rings. The molecular weight excluding hydrogens is 429 g/mol. The van der Waals surface area contributed by atoms with Crippen molar-refractivity contribution in [2.45, 2.75) is 30.7 Å². The minimum Gasteiger partial charge on any atom is -0.492 e. The molecular formula is C21H22N3NaO5S. The third kappa shape index (κ3) is 4.59. The van der Waals surface area contributed by atoms with Crippen LogP contribution in [0.1, 0.15) is 18.2 Å².